The first-order chi connectivity index (χ1) is 11.6. The summed E-state index contributed by atoms with van der Waals surface area (Å²) >= 11 is 0. The van der Waals surface area contributed by atoms with Gasteiger partial charge in [-0.05, 0) is 26.2 Å². The molecule has 2 atom stereocenters. The van der Waals surface area contributed by atoms with Crippen LogP contribution >= 0.6 is 0 Å². The Hall–Kier alpha value is -1.47. The van der Waals surface area contributed by atoms with Gasteiger partial charge in [0, 0.05) is 38.7 Å². The summed E-state index contributed by atoms with van der Waals surface area (Å²) in [5.74, 6) is 1.83. The quantitative estimate of drug-likeness (QED) is 0.837. The summed E-state index contributed by atoms with van der Waals surface area (Å²) < 4.78 is 11.0. The van der Waals surface area contributed by atoms with Crippen LogP contribution in [-0.4, -0.2) is 64.7 Å². The smallest absolute Gasteiger partial charge is 0.251 e. The lowest BCUT2D eigenvalue weighted by molar-refractivity contribution is -0.140. The highest BCUT2D eigenvalue weighted by Crippen LogP contribution is 2.23. The molecule has 0 aliphatic carbocycles. The van der Waals surface area contributed by atoms with Crippen molar-refractivity contribution in [3.63, 3.8) is 0 Å². The van der Waals surface area contributed by atoms with Crippen LogP contribution in [0.25, 0.3) is 0 Å². The molecule has 3 rings (SSSR count). The van der Waals surface area contributed by atoms with E-state index in [0.717, 1.165) is 51.3 Å². The molecule has 2 aliphatic rings. The zero-order valence-electron chi connectivity index (χ0n) is 14.9. The maximum absolute atomic E-state index is 12.5. The lowest BCUT2D eigenvalue weighted by Crippen LogP contribution is -2.41. The number of ether oxygens (including phenoxy) is 1. The molecule has 7 nitrogen and oxygen atoms in total. The summed E-state index contributed by atoms with van der Waals surface area (Å²) in [7, 11) is 0. The number of carbonyl (C=O) groups excluding carboxylic acids is 1. The number of aromatic nitrogens is 2. The van der Waals surface area contributed by atoms with Crippen LogP contribution in [0.15, 0.2) is 4.52 Å². The van der Waals surface area contributed by atoms with Gasteiger partial charge in [-0.3, -0.25) is 9.69 Å². The summed E-state index contributed by atoms with van der Waals surface area (Å²) in [6, 6.07) is 0.0720. The molecule has 0 aromatic carbocycles. The second kappa shape index (κ2) is 7.61. The molecule has 0 radical (unpaired) electrons. The Morgan fingerprint density at radius 2 is 2.00 bits per heavy atom. The van der Waals surface area contributed by atoms with Crippen molar-refractivity contribution in [3.05, 3.63) is 11.7 Å². The molecular formula is C17H28N4O3. The molecule has 1 aromatic rings. The Morgan fingerprint density at radius 3 is 2.67 bits per heavy atom. The summed E-state index contributed by atoms with van der Waals surface area (Å²) in [5, 5.41) is 4.06. The van der Waals surface area contributed by atoms with Crippen molar-refractivity contribution < 1.29 is 14.1 Å². The second-order valence-electron chi connectivity index (χ2n) is 7.04. The fourth-order valence-corrected chi connectivity index (χ4v) is 3.33. The Labute approximate surface area is 143 Å². The van der Waals surface area contributed by atoms with Crippen LogP contribution in [0, 0.1) is 0 Å². The van der Waals surface area contributed by atoms with E-state index in [-0.39, 0.29) is 24.0 Å². The molecule has 24 heavy (non-hydrogen) atoms. The van der Waals surface area contributed by atoms with E-state index in [1.54, 1.807) is 0 Å². The summed E-state index contributed by atoms with van der Waals surface area (Å²) in [6.07, 6.45) is 2.57. The van der Waals surface area contributed by atoms with Crippen molar-refractivity contribution in [2.75, 3.05) is 32.8 Å². The van der Waals surface area contributed by atoms with Crippen molar-refractivity contribution >= 4 is 5.91 Å². The van der Waals surface area contributed by atoms with Gasteiger partial charge in [0.25, 0.3) is 5.91 Å². The van der Waals surface area contributed by atoms with Gasteiger partial charge in [-0.25, -0.2) is 0 Å². The number of carbonyl (C=O) groups is 1. The predicted molar refractivity (Wildman–Crippen MR) is 88.5 cm³/mol. The highest BCUT2D eigenvalue weighted by molar-refractivity contribution is 5.81. The molecule has 7 heteroatoms. The Bertz CT molecular complexity index is 554. The average Bonchev–Trinajstić information content (AvgIpc) is 3.21. The molecule has 3 heterocycles. The van der Waals surface area contributed by atoms with Gasteiger partial charge < -0.3 is 14.2 Å². The zero-order chi connectivity index (χ0) is 17.1. The number of rotatable bonds is 4. The van der Waals surface area contributed by atoms with Crippen molar-refractivity contribution in [1.29, 1.82) is 0 Å². The number of hydrogen-bond donors (Lipinski definition) is 0. The van der Waals surface area contributed by atoms with E-state index >= 15 is 0 Å². The van der Waals surface area contributed by atoms with E-state index in [2.05, 4.69) is 35.8 Å². The molecule has 0 saturated carbocycles. The maximum atomic E-state index is 12.5. The van der Waals surface area contributed by atoms with Gasteiger partial charge in [0.1, 0.15) is 6.10 Å². The molecule has 1 amide bonds. The number of amides is 1. The maximum Gasteiger partial charge on any atom is 0.251 e. The van der Waals surface area contributed by atoms with E-state index < -0.39 is 0 Å². The largest absolute Gasteiger partial charge is 0.368 e. The van der Waals surface area contributed by atoms with Crippen molar-refractivity contribution in [2.24, 2.45) is 0 Å². The van der Waals surface area contributed by atoms with Crippen molar-refractivity contribution in [1.82, 2.24) is 19.9 Å². The first-order valence-corrected chi connectivity index (χ1v) is 9.04. The zero-order valence-corrected chi connectivity index (χ0v) is 14.9. The summed E-state index contributed by atoms with van der Waals surface area (Å²) in [4.78, 5) is 21.3. The van der Waals surface area contributed by atoms with E-state index in [9.17, 15) is 4.79 Å². The first-order valence-electron chi connectivity index (χ1n) is 9.04. The molecule has 0 N–H and O–H groups in total. The van der Waals surface area contributed by atoms with Crippen LogP contribution in [0.2, 0.25) is 0 Å². The number of nitrogens with zero attached hydrogens (tertiary/aromatic N) is 4. The van der Waals surface area contributed by atoms with Crippen LogP contribution in [0.4, 0.5) is 0 Å². The minimum absolute atomic E-state index is 0.0720. The Balaban J connectivity index is 1.58. The number of hydrogen-bond acceptors (Lipinski definition) is 6. The minimum atomic E-state index is -0.224. The summed E-state index contributed by atoms with van der Waals surface area (Å²) in [5.41, 5.74) is 0. The lowest BCUT2D eigenvalue weighted by Gasteiger charge is -2.26. The van der Waals surface area contributed by atoms with Crippen molar-refractivity contribution in [3.8, 4) is 0 Å². The Kier molecular flexibility index (Phi) is 5.50. The SMILES string of the molecule is CC(C)c1noc([C@H](C)N2CCCN(C(=O)[C@@H]3CCCO3)CC2)n1. The van der Waals surface area contributed by atoms with Crippen LogP contribution in [0.3, 0.4) is 0 Å². The normalized spacial score (nSPS) is 24.3. The molecule has 0 spiro atoms. The van der Waals surface area contributed by atoms with Gasteiger partial charge in [-0.15, -0.1) is 0 Å². The fraction of sp³-hybridized carbons (Fsp3) is 0.824. The van der Waals surface area contributed by atoms with Gasteiger partial charge >= 0.3 is 0 Å². The van der Waals surface area contributed by atoms with E-state index in [0.29, 0.717) is 12.5 Å². The summed E-state index contributed by atoms with van der Waals surface area (Å²) in [6.45, 7) is 10.2. The van der Waals surface area contributed by atoms with E-state index in [1.807, 2.05) is 4.90 Å². The molecular weight excluding hydrogens is 308 g/mol. The molecule has 1 aromatic heterocycles. The third-order valence-corrected chi connectivity index (χ3v) is 4.93. The van der Waals surface area contributed by atoms with Gasteiger partial charge in [0.15, 0.2) is 5.82 Å². The van der Waals surface area contributed by atoms with Crippen LogP contribution in [-0.2, 0) is 9.53 Å². The monoisotopic (exact) mass is 336 g/mol. The molecule has 0 unspecified atom stereocenters. The van der Waals surface area contributed by atoms with Gasteiger partial charge in [-0.2, -0.15) is 4.98 Å². The van der Waals surface area contributed by atoms with E-state index in [1.165, 1.54) is 0 Å². The van der Waals surface area contributed by atoms with Crippen LogP contribution < -0.4 is 0 Å². The minimum Gasteiger partial charge on any atom is -0.368 e. The molecule has 134 valence electrons. The fourth-order valence-electron chi connectivity index (χ4n) is 3.33. The van der Waals surface area contributed by atoms with Gasteiger partial charge in [0.2, 0.25) is 5.89 Å². The molecule has 2 aliphatic heterocycles. The average molecular weight is 336 g/mol. The second-order valence-corrected chi connectivity index (χ2v) is 7.04. The standard InChI is InChI=1S/C17H28N4O3/c1-12(2)15-18-16(24-19-15)13(3)20-7-5-8-21(10-9-20)17(22)14-6-4-11-23-14/h12-14H,4-11H2,1-3H3/t13-,14-/m0/s1. The van der Waals surface area contributed by atoms with Crippen molar-refractivity contribution in [2.45, 2.75) is 58.1 Å². The van der Waals surface area contributed by atoms with Gasteiger partial charge in [0.05, 0.1) is 6.04 Å². The molecule has 2 fully saturated rings. The van der Waals surface area contributed by atoms with Crippen LogP contribution in [0.1, 0.15) is 63.7 Å². The topological polar surface area (TPSA) is 71.7 Å². The van der Waals surface area contributed by atoms with Gasteiger partial charge in [-0.1, -0.05) is 19.0 Å². The molecule has 2 saturated heterocycles. The molecule has 0 bridgehead atoms. The highest BCUT2D eigenvalue weighted by Gasteiger charge is 2.31. The highest BCUT2D eigenvalue weighted by atomic mass is 16.5. The third kappa shape index (κ3) is 3.78. The first kappa shape index (κ1) is 17.4. The van der Waals surface area contributed by atoms with Crippen LogP contribution in [0.5, 0.6) is 0 Å². The van der Waals surface area contributed by atoms with E-state index in [4.69, 9.17) is 9.26 Å². The lowest BCUT2D eigenvalue weighted by atomic mass is 10.2. The third-order valence-electron chi connectivity index (χ3n) is 4.93. The predicted octanol–water partition coefficient (Wildman–Crippen LogP) is 1.97. The Morgan fingerprint density at radius 1 is 1.17 bits per heavy atom.